The summed E-state index contributed by atoms with van der Waals surface area (Å²) in [6.07, 6.45) is 2.53. The van der Waals surface area contributed by atoms with Crippen LogP contribution in [0.1, 0.15) is 25.3 Å². The highest BCUT2D eigenvalue weighted by atomic mass is 16.5. The molecule has 5 nitrogen and oxygen atoms in total. The number of likely N-dealkylation sites (N-methyl/N-ethyl adjacent to an activating group) is 1. The number of hydrogen-bond donors (Lipinski definition) is 1. The van der Waals surface area contributed by atoms with Gasteiger partial charge in [0.1, 0.15) is 5.75 Å². The highest BCUT2D eigenvalue weighted by Crippen LogP contribution is 2.22. The number of nitrogens with zero attached hydrogens (tertiary/aromatic N) is 2. The molecule has 1 aliphatic rings. The third kappa shape index (κ3) is 5.73. The van der Waals surface area contributed by atoms with Crippen LogP contribution in [0.4, 0.5) is 11.4 Å². The van der Waals surface area contributed by atoms with Crippen LogP contribution in [0, 0.1) is 0 Å². The van der Waals surface area contributed by atoms with E-state index < -0.39 is 0 Å². The third-order valence-electron chi connectivity index (χ3n) is 4.72. The van der Waals surface area contributed by atoms with Gasteiger partial charge in [0.05, 0.1) is 13.2 Å². The number of carbonyl (C=O) groups is 1. The first-order chi connectivity index (χ1) is 13.1. The Morgan fingerprint density at radius 3 is 2.37 bits per heavy atom. The molecular formula is C22H29N3O2. The van der Waals surface area contributed by atoms with E-state index in [9.17, 15) is 4.79 Å². The zero-order valence-electron chi connectivity index (χ0n) is 16.3. The van der Waals surface area contributed by atoms with Crippen molar-refractivity contribution < 1.29 is 9.53 Å². The summed E-state index contributed by atoms with van der Waals surface area (Å²) in [5.41, 5.74) is 3.24. The Morgan fingerprint density at radius 2 is 1.74 bits per heavy atom. The molecule has 27 heavy (non-hydrogen) atoms. The highest BCUT2D eigenvalue weighted by Gasteiger charge is 2.12. The Balaban J connectivity index is 1.46. The standard InChI is InChI=1S/C22H29N3O2/c1-3-27-21-12-6-18(7-13-21)16-24(2)17-22(26)23-19-8-10-20(11-9-19)25-14-4-5-15-25/h6-13H,3-5,14-17H2,1-2H3,(H,23,26). The van der Waals surface area contributed by atoms with E-state index >= 15 is 0 Å². The van der Waals surface area contributed by atoms with Crippen LogP contribution in [0.25, 0.3) is 0 Å². The Kier molecular flexibility index (Phi) is 6.71. The van der Waals surface area contributed by atoms with E-state index in [0.29, 0.717) is 19.7 Å². The number of ether oxygens (including phenoxy) is 1. The van der Waals surface area contributed by atoms with Crippen molar-refractivity contribution in [1.29, 1.82) is 0 Å². The summed E-state index contributed by atoms with van der Waals surface area (Å²) < 4.78 is 5.46. The molecule has 144 valence electrons. The molecular weight excluding hydrogens is 338 g/mol. The van der Waals surface area contributed by atoms with E-state index in [1.54, 1.807) is 0 Å². The van der Waals surface area contributed by atoms with Crippen molar-refractivity contribution in [1.82, 2.24) is 4.90 Å². The highest BCUT2D eigenvalue weighted by molar-refractivity contribution is 5.92. The zero-order valence-corrected chi connectivity index (χ0v) is 16.3. The molecule has 0 aliphatic carbocycles. The first-order valence-electron chi connectivity index (χ1n) is 9.69. The van der Waals surface area contributed by atoms with Gasteiger partial charge in [-0.3, -0.25) is 9.69 Å². The Labute approximate surface area is 161 Å². The van der Waals surface area contributed by atoms with E-state index in [4.69, 9.17) is 4.74 Å². The van der Waals surface area contributed by atoms with Gasteiger partial charge in [0.2, 0.25) is 5.91 Å². The normalized spacial score (nSPS) is 13.8. The van der Waals surface area contributed by atoms with Gasteiger partial charge < -0.3 is 15.0 Å². The van der Waals surface area contributed by atoms with Crippen LogP contribution in [0.2, 0.25) is 0 Å². The number of rotatable bonds is 8. The molecule has 2 aromatic rings. The smallest absolute Gasteiger partial charge is 0.238 e. The molecule has 1 amide bonds. The van der Waals surface area contributed by atoms with Crippen molar-refractivity contribution in [2.24, 2.45) is 0 Å². The molecule has 0 saturated carbocycles. The van der Waals surface area contributed by atoms with Crippen molar-refractivity contribution in [3.63, 3.8) is 0 Å². The van der Waals surface area contributed by atoms with E-state index in [-0.39, 0.29) is 5.91 Å². The number of anilines is 2. The first kappa shape index (κ1) is 19.2. The molecule has 5 heteroatoms. The lowest BCUT2D eigenvalue weighted by Gasteiger charge is -2.19. The van der Waals surface area contributed by atoms with E-state index in [0.717, 1.165) is 30.1 Å². The lowest BCUT2D eigenvalue weighted by molar-refractivity contribution is -0.117. The summed E-state index contributed by atoms with van der Waals surface area (Å²) in [6, 6.07) is 16.2. The maximum atomic E-state index is 12.3. The van der Waals surface area contributed by atoms with Crippen LogP contribution in [0.5, 0.6) is 5.75 Å². The van der Waals surface area contributed by atoms with E-state index in [2.05, 4.69) is 22.3 Å². The molecule has 1 fully saturated rings. The van der Waals surface area contributed by atoms with Gasteiger partial charge in [-0.1, -0.05) is 12.1 Å². The number of amides is 1. The van der Waals surface area contributed by atoms with Crippen LogP contribution >= 0.6 is 0 Å². The number of carbonyl (C=O) groups excluding carboxylic acids is 1. The second-order valence-corrected chi connectivity index (χ2v) is 7.04. The summed E-state index contributed by atoms with van der Waals surface area (Å²) in [4.78, 5) is 16.7. The Morgan fingerprint density at radius 1 is 1.07 bits per heavy atom. The lowest BCUT2D eigenvalue weighted by Crippen LogP contribution is -2.29. The number of hydrogen-bond acceptors (Lipinski definition) is 4. The molecule has 1 aliphatic heterocycles. The SMILES string of the molecule is CCOc1ccc(CN(C)CC(=O)Nc2ccc(N3CCCC3)cc2)cc1. The molecule has 1 N–H and O–H groups in total. The molecule has 1 saturated heterocycles. The molecule has 2 aromatic carbocycles. The predicted molar refractivity (Wildman–Crippen MR) is 110 cm³/mol. The van der Waals surface area contributed by atoms with Crippen LogP contribution in [-0.2, 0) is 11.3 Å². The van der Waals surface area contributed by atoms with Gasteiger partial charge in [-0.25, -0.2) is 0 Å². The summed E-state index contributed by atoms with van der Waals surface area (Å²) in [7, 11) is 1.95. The minimum atomic E-state index is -0.00245. The quantitative estimate of drug-likeness (QED) is 0.772. The topological polar surface area (TPSA) is 44.8 Å². The lowest BCUT2D eigenvalue weighted by atomic mass is 10.2. The molecule has 3 rings (SSSR count). The van der Waals surface area contributed by atoms with Gasteiger partial charge in [0.25, 0.3) is 0 Å². The van der Waals surface area contributed by atoms with Gasteiger partial charge in [0, 0.05) is 31.0 Å². The van der Waals surface area contributed by atoms with Gasteiger partial charge in [0.15, 0.2) is 0 Å². The summed E-state index contributed by atoms with van der Waals surface area (Å²) in [5.74, 6) is 0.872. The van der Waals surface area contributed by atoms with Gasteiger partial charge in [-0.15, -0.1) is 0 Å². The Hall–Kier alpha value is -2.53. The largest absolute Gasteiger partial charge is 0.494 e. The third-order valence-corrected chi connectivity index (χ3v) is 4.72. The fourth-order valence-electron chi connectivity index (χ4n) is 3.40. The first-order valence-corrected chi connectivity index (χ1v) is 9.69. The summed E-state index contributed by atoms with van der Waals surface area (Å²) in [6.45, 7) is 5.96. The maximum Gasteiger partial charge on any atom is 0.238 e. The average molecular weight is 367 g/mol. The van der Waals surface area contributed by atoms with Crippen molar-refractivity contribution in [3.05, 3.63) is 54.1 Å². The van der Waals surface area contributed by atoms with E-state index in [1.165, 1.54) is 18.5 Å². The van der Waals surface area contributed by atoms with Crippen molar-refractivity contribution >= 4 is 17.3 Å². The summed E-state index contributed by atoms with van der Waals surface area (Å²) >= 11 is 0. The molecule has 0 bridgehead atoms. The fourth-order valence-corrected chi connectivity index (χ4v) is 3.40. The predicted octanol–water partition coefficient (Wildman–Crippen LogP) is 3.76. The average Bonchev–Trinajstić information content (AvgIpc) is 3.19. The second kappa shape index (κ2) is 9.42. The van der Waals surface area contributed by atoms with Crippen LogP contribution in [0.3, 0.4) is 0 Å². The minimum Gasteiger partial charge on any atom is -0.494 e. The molecule has 0 atom stereocenters. The van der Waals surface area contributed by atoms with E-state index in [1.807, 2.05) is 55.3 Å². The Bertz CT molecular complexity index is 722. The molecule has 0 unspecified atom stereocenters. The monoisotopic (exact) mass is 367 g/mol. The summed E-state index contributed by atoms with van der Waals surface area (Å²) in [5, 5.41) is 2.98. The minimum absolute atomic E-state index is 0.00245. The van der Waals surface area contributed by atoms with Crippen LogP contribution in [0.15, 0.2) is 48.5 Å². The second-order valence-electron chi connectivity index (χ2n) is 7.04. The van der Waals surface area contributed by atoms with Crippen molar-refractivity contribution in [2.45, 2.75) is 26.3 Å². The zero-order chi connectivity index (χ0) is 19.1. The maximum absolute atomic E-state index is 12.3. The van der Waals surface area contributed by atoms with Crippen molar-refractivity contribution in [2.75, 3.05) is 43.5 Å². The van der Waals surface area contributed by atoms with Crippen LogP contribution < -0.4 is 15.0 Å². The fraction of sp³-hybridized carbons (Fsp3) is 0.409. The van der Waals surface area contributed by atoms with Gasteiger partial charge >= 0.3 is 0 Å². The van der Waals surface area contributed by atoms with Gasteiger partial charge in [-0.05, 0) is 68.8 Å². The molecule has 0 radical (unpaired) electrons. The molecule has 1 heterocycles. The van der Waals surface area contributed by atoms with Gasteiger partial charge in [-0.2, -0.15) is 0 Å². The number of nitrogens with one attached hydrogen (secondary N) is 1. The van der Waals surface area contributed by atoms with Crippen molar-refractivity contribution in [3.8, 4) is 5.75 Å². The number of benzene rings is 2. The van der Waals surface area contributed by atoms with Crippen LogP contribution in [-0.4, -0.2) is 44.1 Å². The molecule has 0 spiro atoms. The molecule has 0 aromatic heterocycles.